The van der Waals surface area contributed by atoms with E-state index in [1.807, 2.05) is 19.2 Å². The van der Waals surface area contributed by atoms with Crippen LogP contribution in [-0.2, 0) is 4.79 Å². The molecule has 0 radical (unpaired) electrons. The lowest BCUT2D eigenvalue weighted by molar-refractivity contribution is -0.120. The third kappa shape index (κ3) is 3.29. The number of nitrogens with one attached hydrogen (secondary N) is 1. The van der Waals surface area contributed by atoms with Crippen molar-refractivity contribution in [2.45, 2.75) is 27.2 Å². The fourth-order valence-electron chi connectivity index (χ4n) is 1.98. The minimum Gasteiger partial charge on any atom is -0.493 e. The molecule has 1 aromatic carbocycles. The number of hydrogen-bond donors (Lipinski definition) is 1. The monoisotopic (exact) mass is 300 g/mol. The molecule has 5 nitrogen and oxygen atoms in total. The van der Waals surface area contributed by atoms with Crippen molar-refractivity contribution in [2.75, 3.05) is 18.6 Å². The summed E-state index contributed by atoms with van der Waals surface area (Å²) in [5, 5.41) is 2.01. The Morgan fingerprint density at radius 2 is 1.90 bits per heavy atom. The van der Waals surface area contributed by atoms with Gasteiger partial charge in [0.1, 0.15) is 5.69 Å². The Bertz CT molecular complexity index is 562. The Hall–Kier alpha value is -2.18. The van der Waals surface area contributed by atoms with Crippen LogP contribution in [0.3, 0.4) is 0 Å². The lowest BCUT2D eigenvalue weighted by Gasteiger charge is -2.27. The molecule has 1 aromatic rings. The number of anilines is 1. The van der Waals surface area contributed by atoms with E-state index in [1.54, 1.807) is 0 Å². The van der Waals surface area contributed by atoms with E-state index < -0.39 is 29.3 Å². The van der Waals surface area contributed by atoms with Crippen molar-refractivity contribution in [3.8, 4) is 5.75 Å². The van der Waals surface area contributed by atoms with Crippen LogP contribution in [0.5, 0.6) is 5.75 Å². The number of urea groups is 1. The van der Waals surface area contributed by atoms with E-state index >= 15 is 0 Å². The molecular weight excluding hydrogens is 282 g/mol. The third-order valence-electron chi connectivity index (χ3n) is 2.86. The molecule has 1 saturated heterocycles. The highest BCUT2D eigenvalue weighted by atomic mass is 19.1. The summed E-state index contributed by atoms with van der Waals surface area (Å²) >= 11 is 0. The van der Waals surface area contributed by atoms with Crippen LogP contribution in [0, 0.1) is 18.6 Å². The first kappa shape index (κ1) is 16.9. The minimum atomic E-state index is -0.954. The molecule has 1 fully saturated rings. The van der Waals surface area contributed by atoms with Gasteiger partial charge in [0, 0.05) is 13.0 Å². The molecule has 1 aliphatic heterocycles. The molecule has 0 unspecified atom stereocenters. The zero-order valence-corrected chi connectivity index (χ0v) is 12.4. The molecule has 0 atom stereocenters. The van der Waals surface area contributed by atoms with Gasteiger partial charge in [0.2, 0.25) is 5.91 Å². The van der Waals surface area contributed by atoms with Gasteiger partial charge in [-0.05, 0) is 18.6 Å². The summed E-state index contributed by atoms with van der Waals surface area (Å²) in [4.78, 5) is 23.5. The van der Waals surface area contributed by atoms with E-state index in [1.165, 1.54) is 14.0 Å². The van der Waals surface area contributed by atoms with Gasteiger partial charge in [0.25, 0.3) is 0 Å². The summed E-state index contributed by atoms with van der Waals surface area (Å²) in [5.74, 6) is -2.42. The normalized spacial score (nSPS) is 14.3. The van der Waals surface area contributed by atoms with Crippen molar-refractivity contribution in [1.29, 1.82) is 0 Å². The van der Waals surface area contributed by atoms with Crippen molar-refractivity contribution in [3.05, 3.63) is 23.3 Å². The maximum absolute atomic E-state index is 14.2. The zero-order valence-electron chi connectivity index (χ0n) is 12.4. The van der Waals surface area contributed by atoms with Crippen LogP contribution in [-0.4, -0.2) is 25.6 Å². The van der Waals surface area contributed by atoms with Gasteiger partial charge in [0.15, 0.2) is 17.4 Å². The Labute approximate surface area is 121 Å². The van der Waals surface area contributed by atoms with Crippen molar-refractivity contribution < 1.29 is 23.1 Å². The predicted octanol–water partition coefficient (Wildman–Crippen LogP) is 2.75. The molecule has 21 heavy (non-hydrogen) atoms. The number of methoxy groups -OCH3 is 1. The maximum atomic E-state index is 14.2. The van der Waals surface area contributed by atoms with Crippen molar-refractivity contribution >= 4 is 17.6 Å². The maximum Gasteiger partial charge on any atom is 0.328 e. The fourth-order valence-corrected chi connectivity index (χ4v) is 1.98. The molecule has 7 heteroatoms. The highest BCUT2D eigenvalue weighted by Crippen LogP contribution is 2.34. The number of ether oxygens (including phenoxy) is 1. The van der Waals surface area contributed by atoms with Crippen LogP contribution in [0.25, 0.3) is 0 Å². The van der Waals surface area contributed by atoms with Crippen LogP contribution in [0.4, 0.5) is 19.3 Å². The molecular formula is C14H18F2N2O3. The second-order valence-electron chi connectivity index (χ2n) is 4.13. The summed E-state index contributed by atoms with van der Waals surface area (Å²) in [5.41, 5.74) is -0.220. The summed E-state index contributed by atoms with van der Waals surface area (Å²) in [6.45, 7) is 5.42. The van der Waals surface area contributed by atoms with E-state index in [-0.39, 0.29) is 24.3 Å². The predicted molar refractivity (Wildman–Crippen MR) is 74.5 cm³/mol. The molecule has 116 valence electrons. The Morgan fingerprint density at radius 3 is 2.43 bits per heavy atom. The zero-order chi connectivity index (χ0) is 16.2. The smallest absolute Gasteiger partial charge is 0.328 e. The Balaban J connectivity index is 0.00000106. The molecule has 0 aliphatic carbocycles. The number of imide groups is 1. The highest BCUT2D eigenvalue weighted by molar-refractivity contribution is 6.05. The SMILES string of the molecule is CC.COc1c(C)cc(F)c(N2CCC(=O)NC2=O)c1F. The first-order valence-electron chi connectivity index (χ1n) is 6.59. The number of amides is 3. The molecule has 3 amide bonds. The van der Waals surface area contributed by atoms with Crippen LogP contribution in [0.15, 0.2) is 6.07 Å². The van der Waals surface area contributed by atoms with E-state index in [0.29, 0.717) is 0 Å². The number of benzene rings is 1. The number of carbonyl (C=O) groups excluding carboxylic acids is 2. The van der Waals surface area contributed by atoms with E-state index in [2.05, 4.69) is 0 Å². The molecule has 0 aromatic heterocycles. The van der Waals surface area contributed by atoms with Crippen molar-refractivity contribution in [3.63, 3.8) is 0 Å². The third-order valence-corrected chi connectivity index (χ3v) is 2.86. The average Bonchev–Trinajstić information content (AvgIpc) is 2.43. The average molecular weight is 300 g/mol. The van der Waals surface area contributed by atoms with Crippen LogP contribution >= 0.6 is 0 Å². The van der Waals surface area contributed by atoms with E-state index in [4.69, 9.17) is 4.74 Å². The van der Waals surface area contributed by atoms with E-state index in [9.17, 15) is 18.4 Å². The molecule has 0 bridgehead atoms. The molecule has 1 heterocycles. The Kier molecular flexibility index (Phi) is 5.63. The summed E-state index contributed by atoms with van der Waals surface area (Å²) in [6.07, 6.45) is -0.0131. The van der Waals surface area contributed by atoms with Crippen LogP contribution in [0.2, 0.25) is 0 Å². The quantitative estimate of drug-likeness (QED) is 0.913. The lowest BCUT2D eigenvalue weighted by atomic mass is 10.1. The van der Waals surface area contributed by atoms with Gasteiger partial charge in [0.05, 0.1) is 7.11 Å². The second-order valence-corrected chi connectivity index (χ2v) is 4.13. The Morgan fingerprint density at radius 1 is 1.29 bits per heavy atom. The summed E-state index contributed by atoms with van der Waals surface area (Å²) in [7, 11) is 1.26. The molecule has 0 spiro atoms. The standard InChI is InChI=1S/C12H12F2N2O3.C2H6/c1-6-5-7(13)10(9(14)11(6)19-2)16-4-3-8(17)15-12(16)18;1-2/h5H,3-4H2,1-2H3,(H,15,17,18);1-2H3. The number of halogens is 2. The summed E-state index contributed by atoms with van der Waals surface area (Å²) in [6, 6.07) is 0.237. The fraction of sp³-hybridized carbons (Fsp3) is 0.429. The molecule has 1 aliphatic rings. The second kappa shape index (κ2) is 7.01. The minimum absolute atomic E-state index is 0.0131. The topological polar surface area (TPSA) is 58.6 Å². The number of hydrogen-bond acceptors (Lipinski definition) is 3. The van der Waals surface area contributed by atoms with Crippen LogP contribution in [0.1, 0.15) is 25.8 Å². The van der Waals surface area contributed by atoms with Crippen molar-refractivity contribution in [2.24, 2.45) is 0 Å². The van der Waals surface area contributed by atoms with Gasteiger partial charge in [-0.3, -0.25) is 15.0 Å². The number of carbonyl (C=O) groups is 2. The molecule has 1 N–H and O–H groups in total. The first-order valence-corrected chi connectivity index (χ1v) is 6.59. The van der Waals surface area contributed by atoms with Gasteiger partial charge >= 0.3 is 6.03 Å². The number of aryl methyl sites for hydroxylation is 1. The van der Waals surface area contributed by atoms with Gasteiger partial charge in [-0.1, -0.05) is 13.8 Å². The number of nitrogens with zero attached hydrogens (tertiary/aromatic N) is 1. The van der Waals surface area contributed by atoms with E-state index in [0.717, 1.165) is 11.0 Å². The van der Waals surface area contributed by atoms with Gasteiger partial charge in [-0.15, -0.1) is 0 Å². The molecule has 2 rings (SSSR count). The molecule has 0 saturated carbocycles. The van der Waals surface area contributed by atoms with Gasteiger partial charge < -0.3 is 4.74 Å². The largest absolute Gasteiger partial charge is 0.493 e. The van der Waals surface area contributed by atoms with Crippen molar-refractivity contribution in [1.82, 2.24) is 5.32 Å². The number of rotatable bonds is 2. The van der Waals surface area contributed by atoms with Gasteiger partial charge in [-0.25, -0.2) is 13.6 Å². The van der Waals surface area contributed by atoms with Gasteiger partial charge in [-0.2, -0.15) is 0 Å². The summed E-state index contributed by atoms with van der Waals surface area (Å²) < 4.78 is 32.9. The first-order chi connectivity index (χ1) is 9.95. The van der Waals surface area contributed by atoms with Crippen LogP contribution < -0.4 is 15.0 Å². The lowest BCUT2D eigenvalue weighted by Crippen LogP contribution is -2.50. The highest BCUT2D eigenvalue weighted by Gasteiger charge is 2.30.